The van der Waals surface area contributed by atoms with E-state index in [4.69, 9.17) is 0 Å². The van der Waals surface area contributed by atoms with E-state index in [0.29, 0.717) is 37.4 Å². The molecule has 29 heavy (non-hydrogen) atoms. The molecule has 1 aliphatic heterocycles. The molecule has 1 N–H and O–H groups in total. The van der Waals surface area contributed by atoms with E-state index in [-0.39, 0.29) is 17.2 Å². The molecule has 0 atom stereocenters. The van der Waals surface area contributed by atoms with Gasteiger partial charge in [0.15, 0.2) is 0 Å². The van der Waals surface area contributed by atoms with Crippen molar-refractivity contribution in [2.24, 2.45) is 5.92 Å². The second-order valence-electron chi connectivity index (χ2n) is 8.36. The number of amides is 1. The Morgan fingerprint density at radius 1 is 1.03 bits per heavy atom. The quantitative estimate of drug-likeness (QED) is 0.792. The Balaban J connectivity index is 1.31. The molecule has 1 amide bonds. The van der Waals surface area contributed by atoms with Crippen LogP contribution in [0.15, 0.2) is 59.5 Å². The summed E-state index contributed by atoms with van der Waals surface area (Å²) in [6, 6.07) is 17.3. The summed E-state index contributed by atoms with van der Waals surface area (Å²) in [6.45, 7) is 3.37. The molecule has 154 valence electrons. The van der Waals surface area contributed by atoms with Crippen LogP contribution in [0.3, 0.4) is 0 Å². The van der Waals surface area contributed by atoms with Crippen LogP contribution in [0.25, 0.3) is 0 Å². The summed E-state index contributed by atoms with van der Waals surface area (Å²) in [4.78, 5) is 13.0. The van der Waals surface area contributed by atoms with Crippen LogP contribution in [0.1, 0.15) is 36.8 Å². The fourth-order valence-corrected chi connectivity index (χ4v) is 5.60. The van der Waals surface area contributed by atoms with Gasteiger partial charge in [-0.3, -0.25) is 4.79 Å². The number of nitrogens with zero attached hydrogens (tertiary/aromatic N) is 1. The van der Waals surface area contributed by atoms with Gasteiger partial charge >= 0.3 is 0 Å². The lowest BCUT2D eigenvalue weighted by atomic mass is 9.94. The van der Waals surface area contributed by atoms with E-state index in [1.165, 1.54) is 9.87 Å². The van der Waals surface area contributed by atoms with Crippen molar-refractivity contribution in [3.8, 4) is 0 Å². The molecule has 2 aromatic carbocycles. The van der Waals surface area contributed by atoms with Gasteiger partial charge in [-0.25, -0.2) is 8.42 Å². The SMILES string of the molecule is Cc1ccc(S(=O)(=O)N2CCC(C(=O)NCC3(c4ccccc4)CC3)CC2)cc1. The van der Waals surface area contributed by atoms with Crippen molar-refractivity contribution in [3.05, 3.63) is 65.7 Å². The third-order valence-electron chi connectivity index (χ3n) is 6.32. The standard InChI is InChI=1S/C23H28N2O3S/c1-18-7-9-21(10-8-18)29(27,28)25-15-11-19(12-16-25)22(26)24-17-23(13-14-23)20-5-3-2-4-6-20/h2-10,19H,11-17H2,1H3,(H,24,26). The van der Waals surface area contributed by atoms with Crippen LogP contribution in [0.2, 0.25) is 0 Å². The normalized spacial score (nSPS) is 19.6. The molecule has 0 bridgehead atoms. The minimum absolute atomic E-state index is 0.0552. The predicted octanol–water partition coefficient (Wildman–Crippen LogP) is 3.24. The maximum atomic E-state index is 12.8. The Morgan fingerprint density at radius 2 is 1.66 bits per heavy atom. The van der Waals surface area contributed by atoms with E-state index in [1.807, 2.05) is 37.3 Å². The van der Waals surface area contributed by atoms with Crippen molar-refractivity contribution in [2.45, 2.75) is 42.9 Å². The lowest BCUT2D eigenvalue weighted by molar-refractivity contribution is -0.126. The van der Waals surface area contributed by atoms with Gasteiger partial charge in [-0.2, -0.15) is 4.31 Å². The number of benzene rings is 2. The maximum absolute atomic E-state index is 12.8. The van der Waals surface area contributed by atoms with Gasteiger partial charge in [0.05, 0.1) is 4.90 Å². The molecule has 5 nitrogen and oxygen atoms in total. The van der Waals surface area contributed by atoms with Gasteiger partial charge in [-0.05, 0) is 50.3 Å². The summed E-state index contributed by atoms with van der Waals surface area (Å²) in [5.41, 5.74) is 2.41. The number of nitrogens with one attached hydrogen (secondary N) is 1. The highest BCUT2D eigenvalue weighted by Gasteiger charge is 2.44. The summed E-state index contributed by atoms with van der Waals surface area (Å²) in [6.07, 6.45) is 3.33. The Bertz CT molecular complexity index is 959. The van der Waals surface area contributed by atoms with Crippen molar-refractivity contribution in [1.29, 1.82) is 0 Å². The number of rotatable bonds is 6. The van der Waals surface area contributed by atoms with Gasteiger partial charge < -0.3 is 5.32 Å². The Hall–Kier alpha value is -2.18. The third-order valence-corrected chi connectivity index (χ3v) is 8.24. The molecule has 1 heterocycles. The monoisotopic (exact) mass is 412 g/mol. The largest absolute Gasteiger partial charge is 0.355 e. The third kappa shape index (κ3) is 4.23. The number of piperidine rings is 1. The zero-order chi connectivity index (χ0) is 20.5. The van der Waals surface area contributed by atoms with Crippen LogP contribution in [-0.4, -0.2) is 38.3 Å². The molecule has 1 aliphatic carbocycles. The molecule has 0 unspecified atom stereocenters. The molecular formula is C23H28N2O3S. The van der Waals surface area contributed by atoms with E-state index < -0.39 is 10.0 Å². The first kappa shape index (κ1) is 20.1. The predicted molar refractivity (Wildman–Crippen MR) is 113 cm³/mol. The molecule has 1 saturated heterocycles. The summed E-state index contributed by atoms with van der Waals surface area (Å²) in [7, 11) is -3.49. The van der Waals surface area contributed by atoms with Crippen molar-refractivity contribution < 1.29 is 13.2 Å². The fraction of sp³-hybridized carbons (Fsp3) is 0.435. The number of carbonyl (C=O) groups excluding carboxylic acids is 1. The number of carbonyl (C=O) groups is 1. The summed E-state index contributed by atoms with van der Waals surface area (Å²) >= 11 is 0. The summed E-state index contributed by atoms with van der Waals surface area (Å²) in [5, 5.41) is 3.14. The number of hydrogen-bond acceptors (Lipinski definition) is 3. The summed E-state index contributed by atoms with van der Waals surface area (Å²) in [5.74, 6) is -0.0642. The van der Waals surface area contributed by atoms with Crippen molar-refractivity contribution in [3.63, 3.8) is 0 Å². The number of aryl methyl sites for hydroxylation is 1. The van der Waals surface area contributed by atoms with E-state index in [0.717, 1.165) is 18.4 Å². The highest BCUT2D eigenvalue weighted by molar-refractivity contribution is 7.89. The lowest BCUT2D eigenvalue weighted by Gasteiger charge is -2.31. The van der Waals surface area contributed by atoms with Crippen LogP contribution < -0.4 is 5.32 Å². The van der Waals surface area contributed by atoms with Crippen molar-refractivity contribution >= 4 is 15.9 Å². The van der Waals surface area contributed by atoms with Gasteiger partial charge in [-0.15, -0.1) is 0 Å². The molecule has 2 aliphatic rings. The van der Waals surface area contributed by atoms with Gasteiger partial charge in [0.2, 0.25) is 15.9 Å². The van der Waals surface area contributed by atoms with Crippen LogP contribution >= 0.6 is 0 Å². The van der Waals surface area contributed by atoms with Crippen LogP contribution in [0.4, 0.5) is 0 Å². The molecule has 0 radical (unpaired) electrons. The maximum Gasteiger partial charge on any atom is 0.243 e. The highest BCUT2D eigenvalue weighted by atomic mass is 32.2. The first-order valence-corrected chi connectivity index (χ1v) is 11.7. The van der Waals surface area contributed by atoms with E-state index in [9.17, 15) is 13.2 Å². The van der Waals surface area contributed by atoms with Crippen LogP contribution in [0, 0.1) is 12.8 Å². The first-order valence-electron chi connectivity index (χ1n) is 10.3. The highest BCUT2D eigenvalue weighted by Crippen LogP contribution is 2.47. The summed E-state index contributed by atoms with van der Waals surface area (Å²) < 4.78 is 27.2. The van der Waals surface area contributed by atoms with Crippen molar-refractivity contribution in [1.82, 2.24) is 9.62 Å². The van der Waals surface area contributed by atoms with Gasteiger partial charge in [0.1, 0.15) is 0 Å². The second kappa shape index (κ2) is 7.92. The van der Waals surface area contributed by atoms with Crippen LogP contribution in [0.5, 0.6) is 0 Å². The smallest absolute Gasteiger partial charge is 0.243 e. The fourth-order valence-electron chi connectivity index (χ4n) is 4.13. The van der Waals surface area contributed by atoms with E-state index in [2.05, 4.69) is 17.4 Å². The van der Waals surface area contributed by atoms with Crippen molar-refractivity contribution in [2.75, 3.05) is 19.6 Å². The molecule has 2 fully saturated rings. The minimum Gasteiger partial charge on any atom is -0.355 e. The molecule has 0 aromatic heterocycles. The topological polar surface area (TPSA) is 66.5 Å². The molecule has 6 heteroatoms. The van der Waals surface area contributed by atoms with Gasteiger partial charge in [0.25, 0.3) is 0 Å². The van der Waals surface area contributed by atoms with Gasteiger partial charge in [0, 0.05) is 31.0 Å². The molecular weight excluding hydrogens is 384 g/mol. The zero-order valence-electron chi connectivity index (χ0n) is 16.8. The van der Waals surface area contributed by atoms with Gasteiger partial charge in [-0.1, -0.05) is 48.0 Å². The second-order valence-corrected chi connectivity index (χ2v) is 10.3. The molecule has 4 rings (SSSR count). The zero-order valence-corrected chi connectivity index (χ0v) is 17.6. The van der Waals surface area contributed by atoms with Crippen LogP contribution in [-0.2, 0) is 20.2 Å². The minimum atomic E-state index is -3.49. The number of hydrogen-bond donors (Lipinski definition) is 1. The average molecular weight is 413 g/mol. The Labute approximate surface area is 173 Å². The Morgan fingerprint density at radius 3 is 2.24 bits per heavy atom. The molecule has 2 aromatic rings. The Kier molecular flexibility index (Phi) is 5.49. The molecule has 1 saturated carbocycles. The van der Waals surface area contributed by atoms with E-state index in [1.54, 1.807) is 12.1 Å². The average Bonchev–Trinajstić information content (AvgIpc) is 3.54. The van der Waals surface area contributed by atoms with E-state index >= 15 is 0 Å². The molecule has 0 spiro atoms. The first-order chi connectivity index (χ1) is 13.9. The number of sulfonamides is 1. The lowest BCUT2D eigenvalue weighted by Crippen LogP contribution is -2.44.